The number of nitrogens with zero attached hydrogens (tertiary/aromatic N) is 1. The Labute approximate surface area is 147 Å². The van der Waals surface area contributed by atoms with Crippen molar-refractivity contribution in [2.24, 2.45) is 0 Å². The summed E-state index contributed by atoms with van der Waals surface area (Å²) in [6.45, 7) is 2.91. The van der Waals surface area contributed by atoms with Crippen LogP contribution in [0.15, 0.2) is 48.5 Å². The van der Waals surface area contributed by atoms with Crippen LogP contribution in [0.4, 0.5) is 5.69 Å². The van der Waals surface area contributed by atoms with Crippen LogP contribution in [0.2, 0.25) is 0 Å². The van der Waals surface area contributed by atoms with Gasteiger partial charge in [0.15, 0.2) is 6.61 Å². The maximum atomic E-state index is 12.4. The first kappa shape index (κ1) is 17.0. The minimum atomic E-state index is -0.337. The number of anilines is 1. The lowest BCUT2D eigenvalue weighted by molar-refractivity contribution is -0.120. The molecule has 3 rings (SSSR count). The van der Waals surface area contributed by atoms with Crippen LogP contribution in [-0.2, 0) is 16.1 Å². The van der Waals surface area contributed by atoms with Crippen LogP contribution in [0.3, 0.4) is 0 Å². The third-order valence-corrected chi connectivity index (χ3v) is 4.10. The van der Waals surface area contributed by atoms with E-state index in [1.54, 1.807) is 29.2 Å². The summed E-state index contributed by atoms with van der Waals surface area (Å²) >= 11 is 0. The summed E-state index contributed by atoms with van der Waals surface area (Å²) < 4.78 is 10.8. The molecule has 1 aliphatic heterocycles. The van der Waals surface area contributed by atoms with Gasteiger partial charge in [0.05, 0.1) is 18.7 Å². The first-order valence-electron chi connectivity index (χ1n) is 8.47. The number of unbranched alkanes of at least 4 members (excludes halogenated alkanes) is 1. The van der Waals surface area contributed by atoms with E-state index in [0.717, 1.165) is 29.8 Å². The van der Waals surface area contributed by atoms with E-state index in [1.165, 1.54) is 0 Å². The Balaban J connectivity index is 1.75. The third kappa shape index (κ3) is 3.99. The lowest BCUT2D eigenvalue weighted by atomic mass is 10.1. The van der Waals surface area contributed by atoms with Crippen LogP contribution in [-0.4, -0.2) is 25.1 Å². The zero-order chi connectivity index (χ0) is 17.6. The predicted molar refractivity (Wildman–Crippen MR) is 94.8 cm³/mol. The number of carbonyl (C=O) groups is 2. The second kappa shape index (κ2) is 7.83. The molecule has 1 aliphatic rings. The molecule has 0 bridgehead atoms. The van der Waals surface area contributed by atoms with Crippen molar-refractivity contribution in [1.29, 1.82) is 0 Å². The summed E-state index contributed by atoms with van der Waals surface area (Å²) in [7, 11) is 0. The van der Waals surface area contributed by atoms with Gasteiger partial charge in [0.25, 0.3) is 5.91 Å². The zero-order valence-corrected chi connectivity index (χ0v) is 14.2. The number of esters is 1. The van der Waals surface area contributed by atoms with Crippen LogP contribution in [0, 0.1) is 0 Å². The second-order valence-corrected chi connectivity index (χ2v) is 5.91. The highest BCUT2D eigenvalue weighted by atomic mass is 16.5. The van der Waals surface area contributed by atoms with Crippen molar-refractivity contribution >= 4 is 17.6 Å². The van der Waals surface area contributed by atoms with Gasteiger partial charge in [0.2, 0.25) is 0 Å². The monoisotopic (exact) mass is 339 g/mol. The quantitative estimate of drug-likeness (QED) is 0.617. The number of para-hydroxylation sites is 1. The highest BCUT2D eigenvalue weighted by molar-refractivity contribution is 5.96. The molecule has 0 aromatic heterocycles. The molecule has 130 valence electrons. The van der Waals surface area contributed by atoms with Gasteiger partial charge in [-0.25, -0.2) is 4.79 Å². The molecule has 0 unspecified atom stereocenters. The normalized spacial score (nSPS) is 13.6. The fourth-order valence-corrected chi connectivity index (χ4v) is 2.66. The van der Waals surface area contributed by atoms with Crippen LogP contribution in [0.5, 0.6) is 5.75 Å². The summed E-state index contributed by atoms with van der Waals surface area (Å²) in [5.41, 5.74) is 2.17. The number of rotatable bonds is 5. The Morgan fingerprint density at radius 2 is 1.92 bits per heavy atom. The molecule has 25 heavy (non-hydrogen) atoms. The zero-order valence-electron chi connectivity index (χ0n) is 14.2. The van der Waals surface area contributed by atoms with Gasteiger partial charge in [-0.15, -0.1) is 0 Å². The molecule has 0 fully saturated rings. The van der Waals surface area contributed by atoms with Crippen molar-refractivity contribution in [2.75, 3.05) is 18.1 Å². The Bertz CT molecular complexity index is 755. The van der Waals surface area contributed by atoms with Gasteiger partial charge >= 0.3 is 5.97 Å². The van der Waals surface area contributed by atoms with Crippen molar-refractivity contribution in [3.05, 3.63) is 59.7 Å². The third-order valence-electron chi connectivity index (χ3n) is 4.10. The van der Waals surface area contributed by atoms with E-state index in [1.807, 2.05) is 31.2 Å². The highest BCUT2D eigenvalue weighted by Gasteiger charge is 2.22. The molecule has 5 nitrogen and oxygen atoms in total. The van der Waals surface area contributed by atoms with Gasteiger partial charge in [-0.2, -0.15) is 0 Å². The van der Waals surface area contributed by atoms with Crippen LogP contribution < -0.4 is 9.64 Å². The van der Waals surface area contributed by atoms with E-state index in [0.29, 0.717) is 18.7 Å². The van der Waals surface area contributed by atoms with Crippen LogP contribution in [0.25, 0.3) is 0 Å². The molecule has 2 aromatic rings. The Morgan fingerprint density at radius 1 is 1.16 bits per heavy atom. The molecule has 1 heterocycles. The fourth-order valence-electron chi connectivity index (χ4n) is 2.66. The van der Waals surface area contributed by atoms with Crippen LogP contribution in [0.1, 0.15) is 35.7 Å². The number of ether oxygens (including phenoxy) is 2. The number of amides is 1. The molecule has 0 atom stereocenters. The molecular weight excluding hydrogens is 318 g/mol. The van der Waals surface area contributed by atoms with Crippen molar-refractivity contribution in [3.8, 4) is 5.75 Å². The summed E-state index contributed by atoms with van der Waals surface area (Å²) in [6.07, 6.45) is 1.83. The molecule has 0 saturated heterocycles. The average molecular weight is 339 g/mol. The SMILES string of the molecule is CCCCOC(=O)c1ccc(N2Cc3ccccc3OCC2=O)cc1. The van der Waals surface area contributed by atoms with E-state index in [9.17, 15) is 9.59 Å². The minimum Gasteiger partial charge on any atom is -0.483 e. The first-order valence-corrected chi connectivity index (χ1v) is 8.47. The fraction of sp³-hybridized carbons (Fsp3) is 0.300. The molecule has 5 heteroatoms. The van der Waals surface area contributed by atoms with E-state index in [2.05, 4.69) is 0 Å². The summed E-state index contributed by atoms with van der Waals surface area (Å²) in [4.78, 5) is 26.0. The van der Waals surface area contributed by atoms with Gasteiger partial charge in [0.1, 0.15) is 5.75 Å². The summed E-state index contributed by atoms with van der Waals surface area (Å²) in [5, 5.41) is 0. The molecule has 0 saturated carbocycles. The standard InChI is InChI=1S/C20H21NO4/c1-2-3-12-24-20(23)15-8-10-17(11-9-15)21-13-16-6-4-5-7-18(16)25-14-19(21)22/h4-11H,2-3,12-14H2,1H3. The van der Waals surface area contributed by atoms with Crippen molar-refractivity contribution in [3.63, 3.8) is 0 Å². The number of benzene rings is 2. The molecule has 1 amide bonds. The van der Waals surface area contributed by atoms with Crippen LogP contribution >= 0.6 is 0 Å². The Hall–Kier alpha value is -2.82. The van der Waals surface area contributed by atoms with Crippen molar-refractivity contribution in [1.82, 2.24) is 0 Å². The summed E-state index contributed by atoms with van der Waals surface area (Å²) in [5.74, 6) is 0.278. The molecule has 2 aromatic carbocycles. The lowest BCUT2D eigenvalue weighted by Crippen LogP contribution is -2.32. The maximum Gasteiger partial charge on any atom is 0.338 e. The van der Waals surface area contributed by atoms with Gasteiger partial charge in [0, 0.05) is 11.3 Å². The van der Waals surface area contributed by atoms with Gasteiger partial charge in [-0.3, -0.25) is 4.79 Å². The molecule has 0 spiro atoms. The average Bonchev–Trinajstić information content (AvgIpc) is 2.81. The van der Waals surface area contributed by atoms with Gasteiger partial charge < -0.3 is 14.4 Å². The number of hydrogen-bond acceptors (Lipinski definition) is 4. The highest BCUT2D eigenvalue weighted by Crippen LogP contribution is 2.26. The topological polar surface area (TPSA) is 55.8 Å². The van der Waals surface area contributed by atoms with Crippen molar-refractivity contribution < 1.29 is 19.1 Å². The molecule has 0 aliphatic carbocycles. The molecule has 0 N–H and O–H groups in total. The number of hydrogen-bond donors (Lipinski definition) is 0. The maximum absolute atomic E-state index is 12.4. The van der Waals surface area contributed by atoms with E-state index in [-0.39, 0.29) is 18.5 Å². The smallest absolute Gasteiger partial charge is 0.338 e. The lowest BCUT2D eigenvalue weighted by Gasteiger charge is -2.20. The van der Waals surface area contributed by atoms with E-state index in [4.69, 9.17) is 9.47 Å². The number of fused-ring (bicyclic) bond motifs is 1. The van der Waals surface area contributed by atoms with Crippen molar-refractivity contribution in [2.45, 2.75) is 26.3 Å². The van der Waals surface area contributed by atoms with Gasteiger partial charge in [-0.1, -0.05) is 31.5 Å². The van der Waals surface area contributed by atoms with Gasteiger partial charge in [-0.05, 0) is 36.8 Å². The Morgan fingerprint density at radius 3 is 2.68 bits per heavy atom. The summed E-state index contributed by atoms with van der Waals surface area (Å²) in [6, 6.07) is 14.5. The second-order valence-electron chi connectivity index (χ2n) is 5.91. The van der Waals surface area contributed by atoms with E-state index >= 15 is 0 Å². The minimum absolute atomic E-state index is 0.00216. The Kier molecular flexibility index (Phi) is 5.33. The molecular formula is C20H21NO4. The largest absolute Gasteiger partial charge is 0.483 e. The predicted octanol–water partition coefficient (Wildman–Crippen LogP) is 3.57. The first-order chi connectivity index (χ1) is 12.2. The van der Waals surface area contributed by atoms with E-state index < -0.39 is 0 Å². The molecule has 0 radical (unpaired) electrons. The number of carbonyl (C=O) groups excluding carboxylic acids is 2.